The third-order valence-electron chi connectivity index (χ3n) is 3.34. The molecule has 0 aromatic carbocycles. The van der Waals surface area contributed by atoms with E-state index in [9.17, 15) is 4.79 Å². The zero-order valence-corrected chi connectivity index (χ0v) is 14.2. The van der Waals surface area contributed by atoms with Crippen LogP contribution in [0.2, 0.25) is 0 Å². The molecule has 0 bridgehead atoms. The predicted octanol–water partition coefficient (Wildman–Crippen LogP) is -0.212. The van der Waals surface area contributed by atoms with Gasteiger partial charge in [0.05, 0.1) is 0 Å². The number of carbonyl (C=O) groups is 1. The van der Waals surface area contributed by atoms with Gasteiger partial charge in [-0.1, -0.05) is 0 Å². The van der Waals surface area contributed by atoms with Gasteiger partial charge in [0.25, 0.3) is 0 Å². The topological polar surface area (TPSA) is 78.0 Å². The van der Waals surface area contributed by atoms with Gasteiger partial charge in [0.15, 0.2) is 5.96 Å². The van der Waals surface area contributed by atoms with Gasteiger partial charge >= 0.3 is 0 Å². The molecule has 1 amide bonds. The Morgan fingerprint density at radius 1 is 1.32 bits per heavy atom. The highest BCUT2D eigenvalue weighted by atomic mass is 16.5. The van der Waals surface area contributed by atoms with Crippen molar-refractivity contribution in [1.82, 2.24) is 20.9 Å². The van der Waals surface area contributed by atoms with Crippen LogP contribution < -0.4 is 16.0 Å². The van der Waals surface area contributed by atoms with E-state index < -0.39 is 0 Å². The number of hydrogen-bond acceptors (Lipinski definition) is 4. The maximum Gasteiger partial charge on any atom is 0.242 e. The van der Waals surface area contributed by atoms with Crippen LogP contribution in [0.4, 0.5) is 0 Å². The van der Waals surface area contributed by atoms with Gasteiger partial charge in [-0.3, -0.25) is 4.79 Å². The van der Waals surface area contributed by atoms with Crippen LogP contribution >= 0.6 is 0 Å². The first-order valence-electron chi connectivity index (χ1n) is 8.14. The molecule has 0 aromatic rings. The number of guanidine groups is 1. The molecule has 0 aromatic heterocycles. The maximum atomic E-state index is 11.6. The van der Waals surface area contributed by atoms with Crippen LogP contribution in [0.3, 0.4) is 0 Å². The van der Waals surface area contributed by atoms with E-state index in [0.717, 1.165) is 52.0 Å². The molecule has 3 N–H and O–H groups in total. The average Bonchev–Trinajstić information content (AvgIpc) is 3.29. The number of nitrogens with zero attached hydrogens (tertiary/aromatic N) is 2. The lowest BCUT2D eigenvalue weighted by atomic mass is 10.4. The lowest BCUT2D eigenvalue weighted by Crippen LogP contribution is -2.42. The normalized spacial score (nSPS) is 15.0. The molecule has 0 radical (unpaired) electrons. The Labute approximate surface area is 133 Å². The number of ether oxygens (including phenoxy) is 1. The number of nitrogens with one attached hydrogen (secondary N) is 3. The number of likely N-dealkylation sites (N-methyl/N-ethyl adjacent to an activating group) is 1. The molecule has 22 heavy (non-hydrogen) atoms. The summed E-state index contributed by atoms with van der Waals surface area (Å²) in [6.07, 6.45) is 3.23. The number of carbonyl (C=O) groups excluding carboxylic acids is 1. The van der Waals surface area contributed by atoms with E-state index in [0.29, 0.717) is 12.0 Å². The molecule has 0 saturated heterocycles. The van der Waals surface area contributed by atoms with Crippen LogP contribution in [0.1, 0.15) is 26.2 Å². The Morgan fingerprint density at radius 3 is 2.73 bits per heavy atom. The highest BCUT2D eigenvalue weighted by Crippen LogP contribution is 2.18. The zero-order chi connectivity index (χ0) is 16.2. The van der Waals surface area contributed by atoms with Crippen LogP contribution in [-0.2, 0) is 9.53 Å². The van der Waals surface area contributed by atoms with Gasteiger partial charge in [0.1, 0.15) is 6.54 Å². The SMILES string of the molecule is CCNC(=NCC(=O)NC1CC1)NCCN(C)CCCOC. The van der Waals surface area contributed by atoms with Gasteiger partial charge in [-0.2, -0.15) is 0 Å². The largest absolute Gasteiger partial charge is 0.385 e. The van der Waals surface area contributed by atoms with Crippen molar-refractivity contribution in [3.63, 3.8) is 0 Å². The van der Waals surface area contributed by atoms with E-state index in [1.54, 1.807) is 7.11 Å². The monoisotopic (exact) mass is 313 g/mol. The van der Waals surface area contributed by atoms with Gasteiger partial charge < -0.3 is 25.6 Å². The molecule has 0 spiro atoms. The first-order chi connectivity index (χ1) is 10.7. The van der Waals surface area contributed by atoms with Gasteiger partial charge in [-0.15, -0.1) is 0 Å². The van der Waals surface area contributed by atoms with Gasteiger partial charge in [-0.05, 0) is 33.2 Å². The Hall–Kier alpha value is -1.34. The molecular formula is C15H31N5O2. The van der Waals surface area contributed by atoms with Crippen LogP contribution in [0.25, 0.3) is 0 Å². The second kappa shape index (κ2) is 11.3. The first-order valence-corrected chi connectivity index (χ1v) is 8.14. The molecule has 0 heterocycles. The maximum absolute atomic E-state index is 11.6. The van der Waals surface area contributed by atoms with Crippen molar-refractivity contribution in [2.24, 2.45) is 4.99 Å². The molecular weight excluding hydrogens is 282 g/mol. The fraction of sp³-hybridized carbons (Fsp3) is 0.867. The zero-order valence-electron chi connectivity index (χ0n) is 14.2. The van der Waals surface area contributed by atoms with E-state index >= 15 is 0 Å². The molecule has 1 fully saturated rings. The number of amides is 1. The molecule has 7 heteroatoms. The molecule has 0 atom stereocenters. The highest BCUT2D eigenvalue weighted by Gasteiger charge is 2.22. The Balaban J connectivity index is 2.19. The van der Waals surface area contributed by atoms with Crippen molar-refractivity contribution >= 4 is 11.9 Å². The molecule has 1 saturated carbocycles. The second-order valence-electron chi connectivity index (χ2n) is 5.61. The fourth-order valence-electron chi connectivity index (χ4n) is 1.95. The quantitative estimate of drug-likeness (QED) is 0.279. The third kappa shape index (κ3) is 9.57. The Kier molecular flexibility index (Phi) is 9.57. The van der Waals surface area contributed by atoms with Crippen molar-refractivity contribution in [1.29, 1.82) is 0 Å². The summed E-state index contributed by atoms with van der Waals surface area (Å²) in [5, 5.41) is 9.34. The number of rotatable bonds is 11. The van der Waals surface area contributed by atoms with Crippen molar-refractivity contribution in [3.05, 3.63) is 0 Å². The Morgan fingerprint density at radius 2 is 2.09 bits per heavy atom. The van der Waals surface area contributed by atoms with Gasteiger partial charge in [-0.25, -0.2) is 4.99 Å². The standard InChI is InChI=1S/C15H31N5O2/c1-4-16-15(18-12-14(21)19-13-6-7-13)17-8-10-20(2)9-5-11-22-3/h13H,4-12H2,1-3H3,(H,19,21)(H2,16,17,18). The Bertz CT molecular complexity index is 345. The molecule has 1 rings (SSSR count). The summed E-state index contributed by atoms with van der Waals surface area (Å²) in [7, 11) is 3.81. The summed E-state index contributed by atoms with van der Waals surface area (Å²) in [5.41, 5.74) is 0. The first kappa shape index (κ1) is 18.7. The minimum atomic E-state index is -0.00335. The molecule has 1 aliphatic rings. The molecule has 0 unspecified atom stereocenters. The summed E-state index contributed by atoms with van der Waals surface area (Å²) >= 11 is 0. The molecule has 1 aliphatic carbocycles. The minimum absolute atomic E-state index is 0.00335. The molecule has 0 aliphatic heterocycles. The van der Waals surface area contributed by atoms with E-state index in [1.807, 2.05) is 6.92 Å². The fourth-order valence-corrected chi connectivity index (χ4v) is 1.95. The van der Waals surface area contributed by atoms with Crippen molar-refractivity contribution < 1.29 is 9.53 Å². The predicted molar refractivity (Wildman–Crippen MR) is 89.1 cm³/mol. The van der Waals surface area contributed by atoms with Crippen molar-refractivity contribution in [2.45, 2.75) is 32.2 Å². The summed E-state index contributed by atoms with van der Waals surface area (Å²) in [5.74, 6) is 0.690. The van der Waals surface area contributed by atoms with E-state index in [4.69, 9.17) is 4.74 Å². The smallest absolute Gasteiger partial charge is 0.242 e. The second-order valence-corrected chi connectivity index (χ2v) is 5.61. The van der Waals surface area contributed by atoms with Crippen LogP contribution in [0.5, 0.6) is 0 Å². The molecule has 128 valence electrons. The summed E-state index contributed by atoms with van der Waals surface area (Å²) < 4.78 is 5.04. The summed E-state index contributed by atoms with van der Waals surface area (Å²) in [4.78, 5) is 18.2. The van der Waals surface area contributed by atoms with E-state index in [1.165, 1.54) is 0 Å². The average molecular weight is 313 g/mol. The van der Waals surface area contributed by atoms with Crippen LogP contribution in [0, 0.1) is 0 Å². The number of hydrogen-bond donors (Lipinski definition) is 3. The lowest BCUT2D eigenvalue weighted by molar-refractivity contribution is -0.119. The molecule has 7 nitrogen and oxygen atoms in total. The van der Waals surface area contributed by atoms with E-state index in [-0.39, 0.29) is 12.5 Å². The minimum Gasteiger partial charge on any atom is -0.385 e. The van der Waals surface area contributed by atoms with E-state index in [2.05, 4.69) is 32.9 Å². The lowest BCUT2D eigenvalue weighted by Gasteiger charge is -2.18. The van der Waals surface area contributed by atoms with Crippen molar-refractivity contribution in [3.8, 4) is 0 Å². The van der Waals surface area contributed by atoms with Gasteiger partial charge in [0.2, 0.25) is 5.91 Å². The summed E-state index contributed by atoms with van der Waals surface area (Å²) in [6, 6.07) is 0.388. The number of methoxy groups -OCH3 is 1. The van der Waals surface area contributed by atoms with Crippen LogP contribution in [0.15, 0.2) is 4.99 Å². The third-order valence-corrected chi connectivity index (χ3v) is 3.34. The highest BCUT2D eigenvalue weighted by molar-refractivity contribution is 5.85. The number of aliphatic imine (C=N–C) groups is 1. The van der Waals surface area contributed by atoms with Gasteiger partial charge in [0, 0.05) is 45.9 Å². The van der Waals surface area contributed by atoms with Crippen molar-refractivity contribution in [2.75, 3.05) is 53.5 Å². The summed E-state index contributed by atoms with van der Waals surface area (Å²) in [6.45, 7) is 6.47. The van der Waals surface area contributed by atoms with Crippen LogP contribution in [-0.4, -0.2) is 76.3 Å².